The van der Waals surface area contributed by atoms with Crippen molar-refractivity contribution in [3.63, 3.8) is 0 Å². The van der Waals surface area contributed by atoms with Crippen LogP contribution in [0.25, 0.3) is 0 Å². The predicted octanol–water partition coefficient (Wildman–Crippen LogP) is 1.97. The van der Waals surface area contributed by atoms with Crippen LogP contribution in [0.1, 0.15) is 5.56 Å². The number of anilines is 1. The van der Waals surface area contributed by atoms with E-state index in [0.29, 0.717) is 18.0 Å². The molecule has 0 aromatic heterocycles. The van der Waals surface area contributed by atoms with Crippen LogP contribution in [0.4, 0.5) is 5.69 Å². The lowest BCUT2D eigenvalue weighted by Crippen LogP contribution is -2.35. The third-order valence-electron chi connectivity index (χ3n) is 3.08. The van der Waals surface area contributed by atoms with Gasteiger partial charge in [-0.2, -0.15) is 0 Å². The molecule has 2 N–H and O–H groups in total. The Balaban J connectivity index is 1.72. The van der Waals surface area contributed by atoms with E-state index in [2.05, 4.69) is 10.6 Å². The summed E-state index contributed by atoms with van der Waals surface area (Å²) in [4.78, 5) is 23.5. The number of nitrogens with one attached hydrogen (secondary N) is 2. The lowest BCUT2D eigenvalue weighted by atomic mass is 10.2. The van der Waals surface area contributed by atoms with Gasteiger partial charge in [0.1, 0.15) is 5.75 Å². The summed E-state index contributed by atoms with van der Waals surface area (Å²) >= 11 is 0. The van der Waals surface area contributed by atoms with Crippen molar-refractivity contribution in [1.82, 2.24) is 5.32 Å². The first-order valence-electron chi connectivity index (χ1n) is 7.49. The number of benzene rings is 2. The zero-order valence-corrected chi connectivity index (χ0v) is 13.5. The molecule has 2 amide bonds. The molecule has 0 aliphatic rings. The van der Waals surface area contributed by atoms with Crippen LogP contribution in [-0.2, 0) is 20.9 Å². The highest BCUT2D eigenvalue weighted by Crippen LogP contribution is 2.11. The fraction of sp³-hybridized carbons (Fsp3) is 0.222. The van der Waals surface area contributed by atoms with Crippen molar-refractivity contribution in [3.8, 4) is 5.75 Å². The van der Waals surface area contributed by atoms with Gasteiger partial charge in [0.05, 0.1) is 13.2 Å². The summed E-state index contributed by atoms with van der Waals surface area (Å²) in [6.07, 6.45) is 0. The Morgan fingerprint density at radius 3 is 2.54 bits per heavy atom. The van der Waals surface area contributed by atoms with E-state index in [0.717, 1.165) is 5.56 Å². The first-order chi connectivity index (χ1) is 11.7. The molecule has 0 spiro atoms. The molecule has 0 bridgehead atoms. The Hall–Kier alpha value is -2.86. The Kier molecular flexibility index (Phi) is 6.79. The van der Waals surface area contributed by atoms with Gasteiger partial charge < -0.3 is 20.1 Å². The number of hydrogen-bond donors (Lipinski definition) is 2. The Morgan fingerprint density at radius 2 is 1.79 bits per heavy atom. The van der Waals surface area contributed by atoms with E-state index in [9.17, 15) is 9.59 Å². The molecule has 0 unspecified atom stereocenters. The second-order valence-corrected chi connectivity index (χ2v) is 5.06. The van der Waals surface area contributed by atoms with E-state index >= 15 is 0 Å². The largest absolute Gasteiger partial charge is 0.484 e. The predicted molar refractivity (Wildman–Crippen MR) is 90.7 cm³/mol. The quantitative estimate of drug-likeness (QED) is 0.777. The van der Waals surface area contributed by atoms with Crippen molar-refractivity contribution in [3.05, 3.63) is 60.2 Å². The first kappa shape index (κ1) is 17.5. The second-order valence-electron chi connectivity index (χ2n) is 5.06. The molecule has 0 heterocycles. The number of carbonyl (C=O) groups is 2. The highest BCUT2D eigenvalue weighted by molar-refractivity contribution is 5.94. The molecule has 24 heavy (non-hydrogen) atoms. The van der Waals surface area contributed by atoms with Gasteiger partial charge in [-0.1, -0.05) is 30.3 Å². The molecule has 0 fully saturated rings. The van der Waals surface area contributed by atoms with Crippen molar-refractivity contribution < 1.29 is 19.1 Å². The second kappa shape index (κ2) is 9.32. The van der Waals surface area contributed by atoms with Crippen LogP contribution in [0, 0.1) is 0 Å². The van der Waals surface area contributed by atoms with E-state index in [1.165, 1.54) is 0 Å². The molecule has 0 radical (unpaired) electrons. The number of ether oxygens (including phenoxy) is 2. The van der Waals surface area contributed by atoms with Gasteiger partial charge in [0, 0.05) is 12.8 Å². The molecule has 0 aliphatic carbocycles. The van der Waals surface area contributed by atoms with Crippen LogP contribution in [-0.4, -0.2) is 32.1 Å². The minimum atomic E-state index is -0.359. The summed E-state index contributed by atoms with van der Waals surface area (Å²) in [6.45, 7) is 0.212. The monoisotopic (exact) mass is 328 g/mol. The number of para-hydroxylation sites is 1. The fourth-order valence-corrected chi connectivity index (χ4v) is 2.01. The summed E-state index contributed by atoms with van der Waals surface area (Å²) in [5.74, 6) is -0.0631. The first-order valence-corrected chi connectivity index (χ1v) is 7.49. The highest BCUT2D eigenvalue weighted by Gasteiger charge is 2.07. The minimum Gasteiger partial charge on any atom is -0.484 e. The average Bonchev–Trinajstić information content (AvgIpc) is 2.60. The maximum absolute atomic E-state index is 11.9. The molecule has 2 aromatic rings. The Labute approximate surface area is 140 Å². The van der Waals surface area contributed by atoms with Gasteiger partial charge in [-0.05, 0) is 29.8 Å². The molecule has 0 saturated heterocycles. The van der Waals surface area contributed by atoms with Gasteiger partial charge in [-0.25, -0.2) is 0 Å². The standard InChI is InChI=1S/C18H20N2O4/c1-23-12-14-6-5-7-15(10-14)20-17(21)11-19-18(22)13-24-16-8-3-2-4-9-16/h2-10H,11-13H2,1H3,(H,19,22)(H,20,21). The SMILES string of the molecule is COCc1cccc(NC(=O)CNC(=O)COc2ccccc2)c1. The van der Waals surface area contributed by atoms with Gasteiger partial charge in [-0.3, -0.25) is 9.59 Å². The molecule has 6 heteroatoms. The molecule has 2 aromatic carbocycles. The fourth-order valence-electron chi connectivity index (χ4n) is 2.01. The number of rotatable bonds is 8. The molecular formula is C18H20N2O4. The van der Waals surface area contributed by atoms with Crippen molar-refractivity contribution in [2.45, 2.75) is 6.61 Å². The molecule has 0 atom stereocenters. The van der Waals surface area contributed by atoms with Crippen LogP contribution >= 0.6 is 0 Å². The van der Waals surface area contributed by atoms with E-state index in [-0.39, 0.29) is 25.0 Å². The van der Waals surface area contributed by atoms with Gasteiger partial charge >= 0.3 is 0 Å². The third-order valence-corrected chi connectivity index (χ3v) is 3.08. The molecule has 126 valence electrons. The lowest BCUT2D eigenvalue weighted by molar-refractivity contribution is -0.125. The van der Waals surface area contributed by atoms with Crippen LogP contribution in [0.5, 0.6) is 5.75 Å². The Bertz CT molecular complexity index is 674. The van der Waals surface area contributed by atoms with Crippen molar-refractivity contribution >= 4 is 17.5 Å². The number of amides is 2. The maximum Gasteiger partial charge on any atom is 0.258 e. The zero-order chi connectivity index (χ0) is 17.2. The maximum atomic E-state index is 11.9. The van der Waals surface area contributed by atoms with E-state index in [4.69, 9.17) is 9.47 Å². The summed E-state index contributed by atoms with van der Waals surface area (Å²) in [6, 6.07) is 16.3. The zero-order valence-electron chi connectivity index (χ0n) is 13.5. The van der Waals surface area contributed by atoms with Gasteiger partial charge in [0.25, 0.3) is 5.91 Å². The third kappa shape index (κ3) is 6.10. The van der Waals surface area contributed by atoms with Crippen LogP contribution in [0.2, 0.25) is 0 Å². The van der Waals surface area contributed by atoms with Crippen LogP contribution < -0.4 is 15.4 Å². The number of carbonyl (C=O) groups excluding carboxylic acids is 2. The van der Waals surface area contributed by atoms with Gasteiger partial charge in [-0.15, -0.1) is 0 Å². The summed E-state index contributed by atoms with van der Waals surface area (Å²) < 4.78 is 10.3. The summed E-state index contributed by atoms with van der Waals surface area (Å²) in [7, 11) is 1.61. The van der Waals surface area contributed by atoms with E-state index in [1.54, 1.807) is 25.3 Å². The smallest absolute Gasteiger partial charge is 0.258 e. The molecule has 2 rings (SSSR count). The van der Waals surface area contributed by atoms with Crippen molar-refractivity contribution in [2.75, 3.05) is 25.6 Å². The average molecular weight is 328 g/mol. The van der Waals surface area contributed by atoms with Crippen LogP contribution in [0.15, 0.2) is 54.6 Å². The van der Waals surface area contributed by atoms with Crippen molar-refractivity contribution in [2.24, 2.45) is 0 Å². The topological polar surface area (TPSA) is 76.7 Å². The lowest BCUT2D eigenvalue weighted by Gasteiger charge is -2.09. The van der Waals surface area contributed by atoms with E-state index < -0.39 is 0 Å². The van der Waals surface area contributed by atoms with Crippen LogP contribution in [0.3, 0.4) is 0 Å². The number of methoxy groups -OCH3 is 1. The minimum absolute atomic E-state index is 0.120. The summed E-state index contributed by atoms with van der Waals surface area (Å²) in [5, 5.41) is 5.23. The normalized spacial score (nSPS) is 10.0. The molecular weight excluding hydrogens is 308 g/mol. The van der Waals surface area contributed by atoms with E-state index in [1.807, 2.05) is 36.4 Å². The van der Waals surface area contributed by atoms with Gasteiger partial charge in [0.2, 0.25) is 5.91 Å². The molecule has 0 aliphatic heterocycles. The van der Waals surface area contributed by atoms with Gasteiger partial charge in [0.15, 0.2) is 6.61 Å². The highest BCUT2D eigenvalue weighted by atomic mass is 16.5. The van der Waals surface area contributed by atoms with Crippen molar-refractivity contribution in [1.29, 1.82) is 0 Å². The Morgan fingerprint density at radius 1 is 1.00 bits per heavy atom. The molecule has 6 nitrogen and oxygen atoms in total. The summed E-state index contributed by atoms with van der Waals surface area (Å²) in [5.41, 5.74) is 1.61. The number of hydrogen-bond acceptors (Lipinski definition) is 4. The molecule has 0 saturated carbocycles.